The van der Waals surface area contributed by atoms with E-state index in [1.807, 2.05) is 0 Å². The Morgan fingerprint density at radius 1 is 0.950 bits per heavy atom. The van der Waals surface area contributed by atoms with Crippen LogP contribution in [0.25, 0.3) is 0 Å². The SMILES string of the molecule is CCCCS(=O)(CCCC)=Nc1c(C)cc(C)cc1C. The van der Waals surface area contributed by atoms with Gasteiger partial charge in [-0.25, -0.2) is 4.21 Å². The van der Waals surface area contributed by atoms with Crippen LogP contribution in [0.15, 0.2) is 16.5 Å². The Morgan fingerprint density at radius 2 is 1.40 bits per heavy atom. The Labute approximate surface area is 125 Å². The predicted molar refractivity (Wildman–Crippen MR) is 90.4 cm³/mol. The molecular weight excluding hydrogens is 266 g/mol. The van der Waals surface area contributed by atoms with Gasteiger partial charge < -0.3 is 0 Å². The summed E-state index contributed by atoms with van der Waals surface area (Å²) < 4.78 is 17.8. The Kier molecular flexibility index (Phi) is 6.74. The fourth-order valence-electron chi connectivity index (χ4n) is 2.42. The highest BCUT2D eigenvalue weighted by atomic mass is 32.2. The van der Waals surface area contributed by atoms with Gasteiger partial charge in [0.25, 0.3) is 0 Å². The van der Waals surface area contributed by atoms with Crippen molar-refractivity contribution in [2.45, 2.75) is 60.3 Å². The monoisotopic (exact) mass is 295 g/mol. The van der Waals surface area contributed by atoms with E-state index in [1.54, 1.807) is 0 Å². The second-order valence-corrected chi connectivity index (χ2v) is 8.27. The molecule has 0 aliphatic rings. The maximum Gasteiger partial charge on any atom is 0.0788 e. The minimum Gasteiger partial charge on any atom is -0.249 e. The van der Waals surface area contributed by atoms with Gasteiger partial charge in [0, 0.05) is 11.5 Å². The van der Waals surface area contributed by atoms with Crippen LogP contribution in [0.2, 0.25) is 0 Å². The van der Waals surface area contributed by atoms with Crippen LogP contribution in [0, 0.1) is 20.8 Å². The average Bonchev–Trinajstić information content (AvgIpc) is 2.39. The van der Waals surface area contributed by atoms with Gasteiger partial charge in [-0.2, -0.15) is 4.36 Å². The minimum absolute atomic E-state index is 0.732. The van der Waals surface area contributed by atoms with Gasteiger partial charge in [-0.3, -0.25) is 0 Å². The van der Waals surface area contributed by atoms with E-state index in [0.29, 0.717) is 0 Å². The number of hydrogen-bond acceptors (Lipinski definition) is 2. The molecule has 1 aromatic rings. The maximum absolute atomic E-state index is 13.1. The first-order chi connectivity index (χ1) is 9.41. The fraction of sp³-hybridized carbons (Fsp3) is 0.647. The van der Waals surface area contributed by atoms with E-state index in [2.05, 4.69) is 46.8 Å². The van der Waals surface area contributed by atoms with Crippen LogP contribution in [-0.2, 0) is 9.73 Å². The van der Waals surface area contributed by atoms with Crippen molar-refractivity contribution in [2.24, 2.45) is 4.36 Å². The predicted octanol–water partition coefficient (Wildman–Crippen LogP) is 5.31. The summed E-state index contributed by atoms with van der Waals surface area (Å²) in [6.45, 7) is 10.5. The highest BCUT2D eigenvalue weighted by Crippen LogP contribution is 2.27. The second-order valence-electron chi connectivity index (χ2n) is 5.73. The molecule has 0 aromatic heterocycles. The lowest BCUT2D eigenvalue weighted by Crippen LogP contribution is -2.11. The third-order valence-corrected chi connectivity index (χ3v) is 5.90. The zero-order valence-electron chi connectivity index (χ0n) is 13.7. The summed E-state index contributed by atoms with van der Waals surface area (Å²) in [5.41, 5.74) is 4.48. The lowest BCUT2D eigenvalue weighted by Gasteiger charge is -2.13. The molecule has 0 spiro atoms. The summed E-state index contributed by atoms with van der Waals surface area (Å²) in [5, 5.41) is 0. The smallest absolute Gasteiger partial charge is 0.0788 e. The highest BCUT2D eigenvalue weighted by Gasteiger charge is 2.11. The Bertz CT molecular complexity index is 517. The van der Waals surface area contributed by atoms with E-state index in [1.165, 1.54) is 5.56 Å². The van der Waals surface area contributed by atoms with Crippen molar-refractivity contribution >= 4 is 15.4 Å². The number of benzene rings is 1. The number of rotatable bonds is 7. The Balaban J connectivity index is 3.22. The van der Waals surface area contributed by atoms with Crippen LogP contribution >= 0.6 is 0 Å². The fourth-order valence-corrected chi connectivity index (χ4v) is 4.90. The number of aryl methyl sites for hydroxylation is 3. The number of nitrogens with zero attached hydrogens (tertiary/aromatic N) is 1. The minimum atomic E-state index is -2.10. The standard InChI is InChI=1S/C17H29NOS/c1-6-8-10-20(19,11-9-7-2)18-17-15(4)12-14(3)13-16(17)5/h12-13H,6-11H2,1-5H3. The van der Waals surface area contributed by atoms with Crippen molar-refractivity contribution < 1.29 is 4.21 Å². The van der Waals surface area contributed by atoms with E-state index >= 15 is 0 Å². The second kappa shape index (κ2) is 7.82. The molecule has 0 heterocycles. The third-order valence-electron chi connectivity index (χ3n) is 3.53. The zero-order chi connectivity index (χ0) is 15.2. The highest BCUT2D eigenvalue weighted by molar-refractivity contribution is 7.93. The van der Waals surface area contributed by atoms with E-state index in [0.717, 1.165) is 54.0 Å². The molecule has 0 aliphatic heterocycles. The van der Waals surface area contributed by atoms with Crippen molar-refractivity contribution in [3.63, 3.8) is 0 Å². The molecule has 0 bridgehead atoms. The van der Waals surface area contributed by atoms with Crippen LogP contribution in [0.1, 0.15) is 56.2 Å². The first-order valence-corrected chi connectivity index (χ1v) is 9.57. The lowest BCUT2D eigenvalue weighted by molar-refractivity contribution is 0.669. The van der Waals surface area contributed by atoms with Crippen molar-refractivity contribution in [3.05, 3.63) is 28.8 Å². The number of unbranched alkanes of at least 4 members (excludes halogenated alkanes) is 2. The van der Waals surface area contributed by atoms with Crippen LogP contribution in [0.5, 0.6) is 0 Å². The van der Waals surface area contributed by atoms with Crippen molar-refractivity contribution in [2.75, 3.05) is 11.5 Å². The zero-order valence-corrected chi connectivity index (χ0v) is 14.5. The average molecular weight is 295 g/mol. The van der Waals surface area contributed by atoms with Gasteiger partial charge in [0.05, 0.1) is 15.4 Å². The molecule has 1 aromatic carbocycles. The molecule has 0 fully saturated rings. The molecule has 114 valence electrons. The van der Waals surface area contributed by atoms with Gasteiger partial charge in [0.1, 0.15) is 0 Å². The summed E-state index contributed by atoms with van der Waals surface area (Å²) in [6, 6.07) is 4.26. The first kappa shape index (κ1) is 17.2. The molecule has 0 saturated carbocycles. The lowest BCUT2D eigenvalue weighted by atomic mass is 10.1. The Morgan fingerprint density at radius 3 is 1.80 bits per heavy atom. The van der Waals surface area contributed by atoms with Gasteiger partial charge in [0.2, 0.25) is 0 Å². The molecule has 0 radical (unpaired) electrons. The third kappa shape index (κ3) is 4.93. The van der Waals surface area contributed by atoms with Crippen LogP contribution in [0.3, 0.4) is 0 Å². The molecular formula is C17H29NOS. The van der Waals surface area contributed by atoms with Gasteiger partial charge in [-0.1, -0.05) is 44.4 Å². The van der Waals surface area contributed by atoms with E-state index in [-0.39, 0.29) is 0 Å². The van der Waals surface area contributed by atoms with Crippen molar-refractivity contribution in [3.8, 4) is 0 Å². The molecule has 0 atom stereocenters. The molecule has 3 heteroatoms. The molecule has 2 nitrogen and oxygen atoms in total. The Hall–Kier alpha value is -0.830. The van der Waals surface area contributed by atoms with Gasteiger partial charge in [-0.15, -0.1) is 0 Å². The first-order valence-electron chi connectivity index (χ1n) is 7.72. The summed E-state index contributed by atoms with van der Waals surface area (Å²) in [7, 11) is -2.10. The van der Waals surface area contributed by atoms with E-state index in [9.17, 15) is 4.21 Å². The van der Waals surface area contributed by atoms with Crippen molar-refractivity contribution in [1.82, 2.24) is 0 Å². The summed E-state index contributed by atoms with van der Waals surface area (Å²) in [4.78, 5) is 0. The van der Waals surface area contributed by atoms with Gasteiger partial charge in [0.15, 0.2) is 0 Å². The molecule has 0 aliphatic carbocycles. The van der Waals surface area contributed by atoms with Crippen LogP contribution in [0.4, 0.5) is 5.69 Å². The summed E-state index contributed by atoms with van der Waals surface area (Å²) in [5.74, 6) is 1.46. The topological polar surface area (TPSA) is 29.4 Å². The van der Waals surface area contributed by atoms with E-state index in [4.69, 9.17) is 4.36 Å². The van der Waals surface area contributed by atoms with Crippen LogP contribution < -0.4 is 0 Å². The number of hydrogen-bond donors (Lipinski definition) is 0. The maximum atomic E-state index is 13.1. The summed E-state index contributed by atoms with van der Waals surface area (Å²) >= 11 is 0. The van der Waals surface area contributed by atoms with E-state index < -0.39 is 9.73 Å². The molecule has 1 rings (SSSR count). The molecule has 20 heavy (non-hydrogen) atoms. The van der Waals surface area contributed by atoms with Gasteiger partial charge >= 0.3 is 0 Å². The van der Waals surface area contributed by atoms with Crippen LogP contribution in [-0.4, -0.2) is 15.7 Å². The van der Waals surface area contributed by atoms with Crippen molar-refractivity contribution in [1.29, 1.82) is 0 Å². The molecule has 0 amide bonds. The quantitative estimate of drug-likeness (QED) is 0.670. The molecule has 0 N–H and O–H groups in total. The largest absolute Gasteiger partial charge is 0.249 e. The molecule has 0 unspecified atom stereocenters. The normalized spacial score (nSPS) is 11.7. The summed E-state index contributed by atoms with van der Waals surface area (Å²) in [6.07, 6.45) is 4.14. The molecule has 0 saturated heterocycles. The van der Waals surface area contributed by atoms with Gasteiger partial charge in [-0.05, 0) is 44.7 Å².